The van der Waals surface area contributed by atoms with Gasteiger partial charge in [0.05, 0.1) is 11.6 Å². The molecule has 3 nitrogen and oxygen atoms in total. The van der Waals surface area contributed by atoms with Gasteiger partial charge in [-0.25, -0.2) is 0 Å². The molecule has 17 heavy (non-hydrogen) atoms. The van der Waals surface area contributed by atoms with Crippen molar-refractivity contribution in [1.82, 2.24) is 4.90 Å². The van der Waals surface area contributed by atoms with Gasteiger partial charge in [-0.15, -0.1) is 11.8 Å². The van der Waals surface area contributed by atoms with Crippen LogP contribution in [-0.2, 0) is 4.79 Å². The van der Waals surface area contributed by atoms with E-state index in [2.05, 4.69) is 23.3 Å². The largest absolute Gasteiger partial charge is 0.325 e. The lowest BCUT2D eigenvalue weighted by Gasteiger charge is -2.33. The first kappa shape index (κ1) is 11.1. The molecule has 1 aromatic carbocycles. The number of nitrogens with one attached hydrogen (secondary N) is 1. The first-order valence-electron chi connectivity index (χ1n) is 5.99. The van der Waals surface area contributed by atoms with E-state index in [1.165, 1.54) is 4.90 Å². The van der Waals surface area contributed by atoms with Gasteiger partial charge in [0.25, 0.3) is 0 Å². The van der Waals surface area contributed by atoms with Crippen molar-refractivity contribution in [3.8, 4) is 0 Å². The molecule has 2 aliphatic heterocycles. The highest BCUT2D eigenvalue weighted by atomic mass is 32.2. The molecule has 2 atom stereocenters. The van der Waals surface area contributed by atoms with Crippen LogP contribution in [0.3, 0.4) is 0 Å². The predicted octanol–water partition coefficient (Wildman–Crippen LogP) is 2.05. The average molecular weight is 248 g/mol. The van der Waals surface area contributed by atoms with Crippen molar-refractivity contribution in [1.29, 1.82) is 0 Å². The molecular formula is C13H16N2OS. The second kappa shape index (κ2) is 4.35. The van der Waals surface area contributed by atoms with Crippen LogP contribution in [0.2, 0.25) is 0 Å². The van der Waals surface area contributed by atoms with Gasteiger partial charge in [0.2, 0.25) is 5.91 Å². The van der Waals surface area contributed by atoms with Gasteiger partial charge >= 0.3 is 0 Å². The molecular weight excluding hydrogens is 232 g/mol. The smallest absolute Gasteiger partial charge is 0.228 e. The van der Waals surface area contributed by atoms with Crippen LogP contribution in [0, 0.1) is 5.92 Å². The lowest BCUT2D eigenvalue weighted by molar-refractivity contribution is -0.120. The predicted molar refractivity (Wildman–Crippen MR) is 70.3 cm³/mol. The number of hydrogen-bond donors (Lipinski definition) is 1. The number of piperidine rings is 1. The first-order valence-corrected chi connectivity index (χ1v) is 6.87. The van der Waals surface area contributed by atoms with E-state index >= 15 is 0 Å². The van der Waals surface area contributed by atoms with E-state index in [-0.39, 0.29) is 11.8 Å². The Balaban J connectivity index is 1.94. The molecule has 0 unspecified atom stereocenters. The maximum Gasteiger partial charge on any atom is 0.228 e. The molecule has 4 heteroatoms. The number of carbonyl (C=O) groups is 1. The van der Waals surface area contributed by atoms with Crippen LogP contribution in [0.5, 0.6) is 0 Å². The topological polar surface area (TPSA) is 32.3 Å². The van der Waals surface area contributed by atoms with Crippen LogP contribution in [0.4, 0.5) is 5.69 Å². The van der Waals surface area contributed by atoms with E-state index < -0.39 is 0 Å². The van der Waals surface area contributed by atoms with E-state index in [0.717, 1.165) is 25.2 Å². The Kier molecular flexibility index (Phi) is 2.84. The van der Waals surface area contributed by atoms with Gasteiger partial charge in [0.15, 0.2) is 0 Å². The summed E-state index contributed by atoms with van der Waals surface area (Å²) in [5.41, 5.74) is 0.972. The van der Waals surface area contributed by atoms with Crippen LogP contribution in [0.15, 0.2) is 29.2 Å². The number of rotatable bonds is 0. The van der Waals surface area contributed by atoms with Crippen LogP contribution in [0.1, 0.15) is 6.42 Å². The number of nitrogens with zero attached hydrogens (tertiary/aromatic N) is 1. The van der Waals surface area contributed by atoms with Crippen molar-refractivity contribution in [2.24, 2.45) is 5.92 Å². The number of anilines is 1. The van der Waals surface area contributed by atoms with E-state index in [1.54, 1.807) is 0 Å². The summed E-state index contributed by atoms with van der Waals surface area (Å²) in [5.74, 6) is 0.351. The Labute approximate surface area is 106 Å². The van der Waals surface area contributed by atoms with Crippen molar-refractivity contribution in [3.63, 3.8) is 0 Å². The van der Waals surface area contributed by atoms with E-state index in [9.17, 15) is 4.79 Å². The zero-order chi connectivity index (χ0) is 11.8. The van der Waals surface area contributed by atoms with E-state index in [0.29, 0.717) is 5.25 Å². The van der Waals surface area contributed by atoms with Crippen LogP contribution >= 0.6 is 11.8 Å². The zero-order valence-corrected chi connectivity index (χ0v) is 10.7. The Morgan fingerprint density at radius 3 is 3.12 bits per heavy atom. The Bertz CT molecular complexity index is 449. The molecule has 0 aliphatic carbocycles. The summed E-state index contributed by atoms with van der Waals surface area (Å²) in [6.45, 7) is 2.02. The number of para-hydroxylation sites is 1. The number of hydrogen-bond acceptors (Lipinski definition) is 3. The van der Waals surface area contributed by atoms with E-state index in [1.807, 2.05) is 30.0 Å². The lowest BCUT2D eigenvalue weighted by atomic mass is 9.95. The Hall–Kier alpha value is -1.00. The third-order valence-electron chi connectivity index (χ3n) is 3.52. The second-order valence-corrected chi connectivity index (χ2v) is 6.08. The Morgan fingerprint density at radius 1 is 1.41 bits per heavy atom. The molecule has 2 heterocycles. The number of benzene rings is 1. The van der Waals surface area contributed by atoms with Crippen molar-refractivity contribution < 1.29 is 4.79 Å². The van der Waals surface area contributed by atoms with Crippen LogP contribution < -0.4 is 5.32 Å². The van der Waals surface area contributed by atoms with Crippen LogP contribution in [-0.4, -0.2) is 36.2 Å². The molecule has 0 saturated carbocycles. The molecule has 1 saturated heterocycles. The fraction of sp³-hybridized carbons (Fsp3) is 0.462. The summed E-state index contributed by atoms with van der Waals surface area (Å²) < 4.78 is 0. The fourth-order valence-corrected chi connectivity index (χ4v) is 4.03. The van der Waals surface area contributed by atoms with Gasteiger partial charge in [-0.2, -0.15) is 0 Å². The monoisotopic (exact) mass is 248 g/mol. The van der Waals surface area contributed by atoms with Gasteiger partial charge in [-0.05, 0) is 32.1 Å². The molecule has 2 aliphatic rings. The zero-order valence-electron chi connectivity index (χ0n) is 9.85. The van der Waals surface area contributed by atoms with Crippen molar-refractivity contribution in [2.45, 2.75) is 16.6 Å². The van der Waals surface area contributed by atoms with Gasteiger partial charge in [-0.1, -0.05) is 12.1 Å². The number of thioether (sulfide) groups is 1. The lowest BCUT2D eigenvalue weighted by Crippen LogP contribution is -2.44. The molecule has 0 radical (unpaired) electrons. The highest BCUT2D eigenvalue weighted by Gasteiger charge is 2.36. The minimum absolute atomic E-state index is 0.156. The average Bonchev–Trinajstić information content (AvgIpc) is 2.44. The molecule has 0 bridgehead atoms. The summed E-state index contributed by atoms with van der Waals surface area (Å²) in [5, 5.41) is 3.44. The minimum atomic E-state index is 0.156. The van der Waals surface area contributed by atoms with Gasteiger partial charge in [-0.3, -0.25) is 4.79 Å². The van der Waals surface area contributed by atoms with E-state index in [4.69, 9.17) is 0 Å². The van der Waals surface area contributed by atoms with Crippen molar-refractivity contribution in [2.75, 3.05) is 25.5 Å². The quantitative estimate of drug-likeness (QED) is 0.762. The highest BCUT2D eigenvalue weighted by Crippen LogP contribution is 2.40. The van der Waals surface area contributed by atoms with Crippen LogP contribution in [0.25, 0.3) is 0 Å². The molecule has 1 aromatic rings. The summed E-state index contributed by atoms with van der Waals surface area (Å²) in [6, 6.07) is 8.09. The molecule has 0 aromatic heterocycles. The maximum absolute atomic E-state index is 12.2. The molecule has 1 amide bonds. The highest BCUT2D eigenvalue weighted by molar-refractivity contribution is 8.00. The molecule has 1 N–H and O–H groups in total. The third-order valence-corrected chi connectivity index (χ3v) is 4.91. The molecule has 3 rings (SSSR count). The molecule has 1 fully saturated rings. The number of amides is 1. The summed E-state index contributed by atoms with van der Waals surface area (Å²) in [4.78, 5) is 15.7. The molecule has 90 valence electrons. The fourth-order valence-electron chi connectivity index (χ4n) is 2.55. The second-order valence-electron chi connectivity index (χ2n) is 4.80. The molecule has 0 spiro atoms. The van der Waals surface area contributed by atoms with Crippen molar-refractivity contribution in [3.05, 3.63) is 24.3 Å². The minimum Gasteiger partial charge on any atom is -0.325 e. The number of likely N-dealkylation sites (tertiary alicyclic amines) is 1. The van der Waals surface area contributed by atoms with Gasteiger partial charge in [0.1, 0.15) is 0 Å². The third kappa shape index (κ3) is 2.07. The first-order chi connectivity index (χ1) is 8.24. The summed E-state index contributed by atoms with van der Waals surface area (Å²) in [7, 11) is 2.13. The SMILES string of the molecule is CN1CC[C@H]2C(=O)Nc3ccccc3S[C@@H]2C1. The summed E-state index contributed by atoms with van der Waals surface area (Å²) in [6.07, 6.45) is 0.966. The van der Waals surface area contributed by atoms with Crippen molar-refractivity contribution >= 4 is 23.4 Å². The normalized spacial score (nSPS) is 28.9. The summed E-state index contributed by atoms with van der Waals surface area (Å²) >= 11 is 1.84. The maximum atomic E-state index is 12.2. The van der Waals surface area contributed by atoms with Gasteiger partial charge < -0.3 is 10.2 Å². The van der Waals surface area contributed by atoms with Gasteiger partial charge in [0, 0.05) is 16.7 Å². The number of fused-ring (bicyclic) bond motifs is 2. The standard InChI is InChI=1S/C13H16N2OS/c1-15-7-6-9-12(8-15)17-11-5-3-2-4-10(11)14-13(9)16/h2-5,9,12H,6-8H2,1H3,(H,14,16)/t9-,12-/m1/s1. The Morgan fingerprint density at radius 2 is 2.24 bits per heavy atom. The number of carbonyl (C=O) groups excluding carboxylic acids is 1.